The van der Waals surface area contributed by atoms with Gasteiger partial charge in [0.15, 0.2) is 0 Å². The Kier molecular flexibility index (Phi) is 5.14. The molecule has 0 saturated heterocycles. The molecule has 0 bridgehead atoms. The Morgan fingerprint density at radius 3 is 1.84 bits per heavy atom. The summed E-state index contributed by atoms with van der Waals surface area (Å²) in [6.45, 7) is 2.35. The highest BCUT2D eigenvalue weighted by atomic mass is 19.3. The topological polar surface area (TPSA) is 0 Å². The van der Waals surface area contributed by atoms with Gasteiger partial charge >= 0.3 is 0 Å². The molecular weight excluding hydrogens is 321 g/mol. The molecule has 4 atom stereocenters. The number of halogens is 3. The number of hydrogen-bond acceptors (Lipinski definition) is 0. The maximum Gasteiger partial charge on any atom is 0.256 e. The smallest absolute Gasteiger partial charge is 0.247 e. The van der Waals surface area contributed by atoms with E-state index in [-0.39, 0.29) is 11.8 Å². The summed E-state index contributed by atoms with van der Waals surface area (Å²) in [6.07, 6.45) is 10.9. The van der Waals surface area contributed by atoms with Crippen molar-refractivity contribution >= 4 is 0 Å². The van der Waals surface area contributed by atoms with Crippen LogP contribution in [0, 0.1) is 41.4 Å². The van der Waals surface area contributed by atoms with Crippen molar-refractivity contribution < 1.29 is 13.2 Å². The fourth-order valence-electron chi connectivity index (χ4n) is 7.06. The minimum Gasteiger partial charge on any atom is -0.247 e. The SMILES string of the molecule is CC1CCC(C2CCC(C3CC4CCCC(F)C4C3(F)F)CC2)CC1. The molecule has 0 aromatic heterocycles. The second-order valence-corrected chi connectivity index (χ2v) is 9.94. The molecule has 0 heterocycles. The van der Waals surface area contributed by atoms with Gasteiger partial charge in [-0.2, -0.15) is 0 Å². The van der Waals surface area contributed by atoms with Gasteiger partial charge in [0.05, 0.1) is 5.92 Å². The van der Waals surface area contributed by atoms with Gasteiger partial charge in [-0.05, 0) is 87.4 Å². The van der Waals surface area contributed by atoms with Crippen molar-refractivity contribution in [3.8, 4) is 0 Å². The molecule has 0 aliphatic heterocycles. The van der Waals surface area contributed by atoms with Gasteiger partial charge in [0, 0.05) is 5.92 Å². The molecule has 0 radical (unpaired) electrons. The Morgan fingerprint density at radius 1 is 0.680 bits per heavy atom. The van der Waals surface area contributed by atoms with E-state index in [1.807, 2.05) is 0 Å². The fourth-order valence-corrected chi connectivity index (χ4v) is 7.06. The zero-order valence-electron chi connectivity index (χ0n) is 15.7. The third-order valence-electron chi connectivity index (χ3n) is 8.56. The monoisotopic (exact) mass is 356 g/mol. The molecule has 0 aromatic rings. The van der Waals surface area contributed by atoms with Gasteiger partial charge in [0.25, 0.3) is 5.92 Å². The van der Waals surface area contributed by atoms with E-state index in [0.29, 0.717) is 12.8 Å². The Hall–Kier alpha value is -0.210. The van der Waals surface area contributed by atoms with Crippen molar-refractivity contribution in [3.05, 3.63) is 0 Å². The molecular formula is C22H35F3. The third kappa shape index (κ3) is 3.38. The molecule has 0 N–H and O–H groups in total. The first kappa shape index (κ1) is 18.2. The lowest BCUT2D eigenvalue weighted by Gasteiger charge is -2.40. The van der Waals surface area contributed by atoms with E-state index in [4.69, 9.17) is 0 Å². The maximum absolute atomic E-state index is 15.0. The number of hydrogen-bond donors (Lipinski definition) is 0. The van der Waals surface area contributed by atoms with Gasteiger partial charge in [-0.1, -0.05) is 26.2 Å². The van der Waals surface area contributed by atoms with Crippen LogP contribution in [-0.2, 0) is 0 Å². The number of rotatable bonds is 2. The molecule has 25 heavy (non-hydrogen) atoms. The largest absolute Gasteiger partial charge is 0.256 e. The van der Waals surface area contributed by atoms with Crippen LogP contribution in [0.1, 0.15) is 84.0 Å². The zero-order valence-corrected chi connectivity index (χ0v) is 15.7. The Labute approximate surface area is 151 Å². The molecule has 4 rings (SSSR count). The molecule has 4 aliphatic carbocycles. The fraction of sp³-hybridized carbons (Fsp3) is 1.00. The van der Waals surface area contributed by atoms with Crippen molar-refractivity contribution in [3.63, 3.8) is 0 Å². The molecule has 3 heteroatoms. The highest BCUT2D eigenvalue weighted by Crippen LogP contribution is 2.59. The quantitative estimate of drug-likeness (QED) is 0.498. The standard InChI is InChI=1S/C22H35F3/c1-14-5-7-15(8-6-14)16-9-11-17(12-10-16)19-13-18-3-2-4-20(23)21(18)22(19,24)25/h14-21H,2-13H2,1H3. The highest BCUT2D eigenvalue weighted by Gasteiger charge is 2.62. The van der Waals surface area contributed by atoms with E-state index in [9.17, 15) is 4.39 Å². The van der Waals surface area contributed by atoms with Gasteiger partial charge in [0.1, 0.15) is 6.17 Å². The Balaban J connectivity index is 1.36. The van der Waals surface area contributed by atoms with Gasteiger partial charge in [-0.15, -0.1) is 0 Å². The van der Waals surface area contributed by atoms with Crippen LogP contribution in [-0.4, -0.2) is 12.1 Å². The van der Waals surface area contributed by atoms with E-state index >= 15 is 8.78 Å². The van der Waals surface area contributed by atoms with Crippen LogP contribution in [0.5, 0.6) is 0 Å². The van der Waals surface area contributed by atoms with Crippen LogP contribution in [0.15, 0.2) is 0 Å². The lowest BCUT2D eigenvalue weighted by molar-refractivity contribution is -0.128. The molecule has 4 unspecified atom stereocenters. The minimum atomic E-state index is -2.76. The summed E-state index contributed by atoms with van der Waals surface area (Å²) < 4.78 is 44.3. The molecule has 0 nitrogen and oxygen atoms in total. The first-order valence-corrected chi connectivity index (χ1v) is 11.0. The molecule has 0 amide bonds. The summed E-state index contributed by atoms with van der Waals surface area (Å²) >= 11 is 0. The Bertz CT molecular complexity index is 446. The van der Waals surface area contributed by atoms with Gasteiger partial charge in [-0.25, -0.2) is 13.2 Å². The van der Waals surface area contributed by atoms with E-state index < -0.39 is 23.9 Å². The lowest BCUT2D eigenvalue weighted by atomic mass is 9.67. The highest BCUT2D eigenvalue weighted by molar-refractivity contribution is 5.04. The van der Waals surface area contributed by atoms with E-state index in [0.717, 1.165) is 56.3 Å². The van der Waals surface area contributed by atoms with Crippen molar-refractivity contribution in [1.82, 2.24) is 0 Å². The summed E-state index contributed by atoms with van der Waals surface area (Å²) in [7, 11) is 0. The Morgan fingerprint density at radius 2 is 1.24 bits per heavy atom. The minimum absolute atomic E-state index is 0.0543. The van der Waals surface area contributed by atoms with Crippen molar-refractivity contribution in [2.75, 3.05) is 0 Å². The zero-order chi connectivity index (χ0) is 17.6. The normalized spacial score (nSPS) is 50.4. The average molecular weight is 357 g/mol. The number of alkyl halides is 3. The van der Waals surface area contributed by atoms with E-state index in [2.05, 4.69) is 6.92 Å². The third-order valence-corrected chi connectivity index (χ3v) is 8.56. The second kappa shape index (κ2) is 7.08. The summed E-state index contributed by atoms with van der Waals surface area (Å²) in [5.41, 5.74) is 0. The van der Waals surface area contributed by atoms with Crippen molar-refractivity contribution in [1.29, 1.82) is 0 Å². The van der Waals surface area contributed by atoms with Crippen LogP contribution in [0.25, 0.3) is 0 Å². The van der Waals surface area contributed by atoms with Crippen LogP contribution in [0.2, 0.25) is 0 Å². The molecule has 0 aromatic carbocycles. The van der Waals surface area contributed by atoms with Crippen molar-refractivity contribution in [2.45, 2.75) is 96.1 Å². The second-order valence-electron chi connectivity index (χ2n) is 9.94. The van der Waals surface area contributed by atoms with Crippen LogP contribution >= 0.6 is 0 Å². The lowest BCUT2D eigenvalue weighted by Crippen LogP contribution is -2.42. The number of fused-ring (bicyclic) bond motifs is 1. The summed E-state index contributed by atoms with van der Waals surface area (Å²) in [5, 5.41) is 0. The van der Waals surface area contributed by atoms with Crippen molar-refractivity contribution in [2.24, 2.45) is 41.4 Å². The molecule has 4 saturated carbocycles. The molecule has 0 spiro atoms. The van der Waals surface area contributed by atoms with Crippen LogP contribution in [0.3, 0.4) is 0 Å². The van der Waals surface area contributed by atoms with Gasteiger partial charge in [-0.3, -0.25) is 0 Å². The van der Waals surface area contributed by atoms with E-state index in [1.54, 1.807) is 0 Å². The predicted molar refractivity (Wildman–Crippen MR) is 95.4 cm³/mol. The first-order valence-electron chi connectivity index (χ1n) is 11.0. The predicted octanol–water partition coefficient (Wildman–Crippen LogP) is 7.03. The van der Waals surface area contributed by atoms with Gasteiger partial charge < -0.3 is 0 Å². The van der Waals surface area contributed by atoms with Gasteiger partial charge in [0.2, 0.25) is 0 Å². The van der Waals surface area contributed by atoms with Crippen LogP contribution < -0.4 is 0 Å². The molecule has 4 aliphatic rings. The van der Waals surface area contributed by atoms with E-state index in [1.165, 1.54) is 25.7 Å². The summed E-state index contributed by atoms with van der Waals surface area (Å²) in [5.74, 6) is -1.68. The maximum atomic E-state index is 15.0. The first-order chi connectivity index (χ1) is 12.0. The summed E-state index contributed by atoms with van der Waals surface area (Å²) in [4.78, 5) is 0. The summed E-state index contributed by atoms with van der Waals surface area (Å²) in [6, 6.07) is 0. The molecule has 144 valence electrons. The molecule has 4 fully saturated rings. The average Bonchev–Trinajstić information content (AvgIpc) is 2.88. The van der Waals surface area contributed by atoms with Crippen LogP contribution in [0.4, 0.5) is 13.2 Å².